The summed E-state index contributed by atoms with van der Waals surface area (Å²) in [7, 11) is 1.43. The SMILES string of the molecule is CCCn1c(=O)n(C)c(=O)c2c(SCC(=O)Nc3ccc(C(=O)N(CC)CC)cc3)nc(C(C)C)nc21. The summed E-state index contributed by atoms with van der Waals surface area (Å²) < 4.78 is 2.55. The molecule has 0 unspecified atom stereocenters. The average Bonchev–Trinajstić information content (AvgIpc) is 2.89. The highest BCUT2D eigenvalue weighted by Gasteiger charge is 2.20. The molecule has 0 atom stereocenters. The smallest absolute Gasteiger partial charge is 0.332 e. The van der Waals surface area contributed by atoms with Gasteiger partial charge in [-0.3, -0.25) is 23.5 Å². The standard InChI is InChI=1S/C26H34N6O4S/c1-7-14-32-22-20(25(35)30(6)26(32)36)23(29-21(28-22)16(4)5)37-15-19(33)27-18-12-10-17(11-13-18)24(34)31(8-2)9-3/h10-13,16H,7-9,14-15H2,1-6H3,(H,27,33). The number of aryl methyl sites for hydroxylation is 1. The van der Waals surface area contributed by atoms with Gasteiger partial charge in [0, 0.05) is 43.9 Å². The predicted molar refractivity (Wildman–Crippen MR) is 146 cm³/mol. The van der Waals surface area contributed by atoms with E-state index >= 15 is 0 Å². The summed E-state index contributed by atoms with van der Waals surface area (Å²) >= 11 is 1.13. The lowest BCUT2D eigenvalue weighted by molar-refractivity contribution is -0.113. The lowest BCUT2D eigenvalue weighted by Crippen LogP contribution is -2.39. The Bertz CT molecular complexity index is 1410. The largest absolute Gasteiger partial charge is 0.339 e. The molecular weight excluding hydrogens is 492 g/mol. The molecule has 2 aromatic heterocycles. The molecule has 37 heavy (non-hydrogen) atoms. The molecule has 0 saturated carbocycles. The number of carbonyl (C=O) groups excluding carboxylic acids is 2. The van der Waals surface area contributed by atoms with E-state index in [-0.39, 0.29) is 28.9 Å². The van der Waals surface area contributed by atoms with Crippen LogP contribution in [0.4, 0.5) is 5.69 Å². The molecule has 11 heteroatoms. The fraction of sp³-hybridized carbons (Fsp3) is 0.462. The zero-order valence-corrected chi connectivity index (χ0v) is 23.0. The van der Waals surface area contributed by atoms with Gasteiger partial charge in [0.05, 0.1) is 5.75 Å². The van der Waals surface area contributed by atoms with Crippen molar-refractivity contribution in [2.24, 2.45) is 7.05 Å². The molecule has 1 aromatic carbocycles. The Morgan fingerprint density at radius 2 is 1.70 bits per heavy atom. The number of carbonyl (C=O) groups is 2. The number of hydrogen-bond donors (Lipinski definition) is 1. The van der Waals surface area contributed by atoms with Crippen LogP contribution in [-0.2, 0) is 18.4 Å². The third-order valence-electron chi connectivity index (χ3n) is 5.94. The molecule has 0 aliphatic heterocycles. The van der Waals surface area contributed by atoms with Crippen molar-refractivity contribution >= 4 is 40.3 Å². The molecule has 3 aromatic rings. The molecule has 0 aliphatic carbocycles. The molecule has 0 bridgehead atoms. The number of amides is 2. The molecule has 0 fully saturated rings. The van der Waals surface area contributed by atoms with Crippen LogP contribution in [0.5, 0.6) is 0 Å². The van der Waals surface area contributed by atoms with Gasteiger partial charge < -0.3 is 10.2 Å². The number of anilines is 1. The number of benzene rings is 1. The van der Waals surface area contributed by atoms with E-state index < -0.39 is 11.2 Å². The summed E-state index contributed by atoms with van der Waals surface area (Å²) in [6.45, 7) is 11.3. The van der Waals surface area contributed by atoms with E-state index in [1.165, 1.54) is 11.6 Å². The quantitative estimate of drug-likeness (QED) is 0.318. The van der Waals surface area contributed by atoms with Crippen LogP contribution in [0.25, 0.3) is 11.0 Å². The van der Waals surface area contributed by atoms with Crippen LogP contribution >= 0.6 is 11.8 Å². The second-order valence-corrected chi connectivity index (χ2v) is 9.89. The highest BCUT2D eigenvalue weighted by Crippen LogP contribution is 2.25. The van der Waals surface area contributed by atoms with Crippen LogP contribution in [0, 0.1) is 0 Å². The molecule has 0 radical (unpaired) electrons. The molecule has 0 saturated heterocycles. The molecule has 0 aliphatic rings. The number of nitrogens with zero attached hydrogens (tertiary/aromatic N) is 5. The Balaban J connectivity index is 1.86. The first-order valence-corrected chi connectivity index (χ1v) is 13.4. The van der Waals surface area contributed by atoms with E-state index in [1.807, 2.05) is 34.6 Å². The molecule has 3 rings (SSSR count). The molecule has 10 nitrogen and oxygen atoms in total. The number of fused-ring (bicyclic) bond motifs is 1. The van der Waals surface area contributed by atoms with Gasteiger partial charge in [0.2, 0.25) is 5.91 Å². The van der Waals surface area contributed by atoms with E-state index in [0.29, 0.717) is 53.8 Å². The van der Waals surface area contributed by atoms with Crippen molar-refractivity contribution in [3.63, 3.8) is 0 Å². The van der Waals surface area contributed by atoms with Crippen molar-refractivity contribution in [1.82, 2.24) is 24.0 Å². The van der Waals surface area contributed by atoms with E-state index in [2.05, 4.69) is 15.3 Å². The third-order valence-corrected chi connectivity index (χ3v) is 6.91. The fourth-order valence-electron chi connectivity index (χ4n) is 3.86. The Labute approximate surface area is 220 Å². The number of hydrogen-bond acceptors (Lipinski definition) is 7. The molecular formula is C26H34N6O4S. The third kappa shape index (κ3) is 6.10. The minimum atomic E-state index is -0.487. The van der Waals surface area contributed by atoms with E-state index in [1.54, 1.807) is 29.2 Å². The van der Waals surface area contributed by atoms with Gasteiger partial charge in [-0.05, 0) is 44.5 Å². The summed E-state index contributed by atoms with van der Waals surface area (Å²) in [6, 6.07) is 6.75. The minimum absolute atomic E-state index is 0.000162. The second-order valence-electron chi connectivity index (χ2n) is 8.93. The van der Waals surface area contributed by atoms with E-state index in [9.17, 15) is 19.2 Å². The summed E-state index contributed by atoms with van der Waals surface area (Å²) in [5.41, 5.74) is 0.497. The van der Waals surface area contributed by atoms with Crippen molar-refractivity contribution < 1.29 is 9.59 Å². The molecule has 2 heterocycles. The van der Waals surface area contributed by atoms with Crippen molar-refractivity contribution in [3.05, 3.63) is 56.5 Å². The predicted octanol–water partition coefficient (Wildman–Crippen LogP) is 3.24. The normalized spacial score (nSPS) is 11.2. The lowest BCUT2D eigenvalue weighted by Gasteiger charge is -2.18. The van der Waals surface area contributed by atoms with Crippen LogP contribution in [0.3, 0.4) is 0 Å². The van der Waals surface area contributed by atoms with Gasteiger partial charge in [-0.15, -0.1) is 0 Å². The van der Waals surface area contributed by atoms with Gasteiger partial charge >= 0.3 is 5.69 Å². The van der Waals surface area contributed by atoms with Crippen LogP contribution < -0.4 is 16.6 Å². The van der Waals surface area contributed by atoms with E-state index in [4.69, 9.17) is 0 Å². The maximum atomic E-state index is 13.0. The van der Waals surface area contributed by atoms with Gasteiger partial charge in [0.1, 0.15) is 16.2 Å². The fourth-order valence-corrected chi connectivity index (χ4v) is 4.68. The van der Waals surface area contributed by atoms with Crippen molar-refractivity contribution in [2.45, 2.75) is 58.5 Å². The van der Waals surface area contributed by atoms with Crippen LogP contribution in [0.2, 0.25) is 0 Å². The molecule has 198 valence electrons. The Morgan fingerprint density at radius 3 is 2.27 bits per heavy atom. The average molecular weight is 527 g/mol. The number of nitrogens with one attached hydrogen (secondary N) is 1. The second kappa shape index (κ2) is 12.2. The van der Waals surface area contributed by atoms with Crippen molar-refractivity contribution in [2.75, 3.05) is 24.2 Å². The number of thioether (sulfide) groups is 1. The van der Waals surface area contributed by atoms with Crippen molar-refractivity contribution in [3.8, 4) is 0 Å². The van der Waals surface area contributed by atoms with Crippen LogP contribution in [0.15, 0.2) is 38.9 Å². The monoisotopic (exact) mass is 526 g/mol. The van der Waals surface area contributed by atoms with Gasteiger partial charge in [-0.1, -0.05) is 32.5 Å². The Hall–Kier alpha value is -3.47. The first kappa shape index (κ1) is 28.1. The maximum Gasteiger partial charge on any atom is 0.332 e. The van der Waals surface area contributed by atoms with Crippen LogP contribution in [-0.4, -0.2) is 54.7 Å². The Kier molecular flexibility index (Phi) is 9.25. The number of aromatic nitrogens is 4. The molecule has 1 N–H and O–H groups in total. The molecule has 2 amide bonds. The van der Waals surface area contributed by atoms with Gasteiger partial charge in [0.25, 0.3) is 11.5 Å². The zero-order valence-electron chi connectivity index (χ0n) is 22.2. The van der Waals surface area contributed by atoms with Gasteiger partial charge in [-0.2, -0.15) is 0 Å². The lowest BCUT2D eigenvalue weighted by atomic mass is 10.2. The number of rotatable bonds is 10. The van der Waals surface area contributed by atoms with Crippen LogP contribution in [0.1, 0.15) is 63.1 Å². The first-order valence-electron chi connectivity index (χ1n) is 12.5. The topological polar surface area (TPSA) is 119 Å². The van der Waals surface area contributed by atoms with Gasteiger partial charge in [-0.25, -0.2) is 14.8 Å². The van der Waals surface area contributed by atoms with Crippen molar-refractivity contribution in [1.29, 1.82) is 0 Å². The minimum Gasteiger partial charge on any atom is -0.339 e. The van der Waals surface area contributed by atoms with E-state index in [0.717, 1.165) is 16.3 Å². The Morgan fingerprint density at radius 1 is 1.05 bits per heavy atom. The summed E-state index contributed by atoms with van der Waals surface area (Å²) in [4.78, 5) is 61.9. The summed E-state index contributed by atoms with van der Waals surface area (Å²) in [5, 5.41) is 3.42. The highest BCUT2D eigenvalue weighted by molar-refractivity contribution is 8.00. The maximum absolute atomic E-state index is 13.0. The zero-order chi connectivity index (χ0) is 27.3. The first-order chi connectivity index (χ1) is 17.6. The van der Waals surface area contributed by atoms with Gasteiger partial charge in [0.15, 0.2) is 5.65 Å². The summed E-state index contributed by atoms with van der Waals surface area (Å²) in [5.74, 6) is 0.119. The highest BCUT2D eigenvalue weighted by atomic mass is 32.2. The summed E-state index contributed by atoms with van der Waals surface area (Å²) in [6.07, 6.45) is 0.693. The molecule has 0 spiro atoms.